The predicted molar refractivity (Wildman–Crippen MR) is 116 cm³/mol. The molecule has 1 atom stereocenters. The number of benzene rings is 2. The molecule has 1 aliphatic heterocycles. The molecule has 2 aromatic rings. The van der Waals surface area contributed by atoms with E-state index in [4.69, 9.17) is 0 Å². The molecule has 1 aliphatic rings. The smallest absolute Gasteiger partial charge is 0.312 e. The average Bonchev–Trinajstić information content (AvgIpc) is 3.01. The molecule has 2 aromatic carbocycles. The van der Waals surface area contributed by atoms with Crippen molar-refractivity contribution >= 4 is 17.6 Å². The van der Waals surface area contributed by atoms with Gasteiger partial charge in [0.15, 0.2) is 0 Å². The van der Waals surface area contributed by atoms with E-state index in [2.05, 4.69) is 11.6 Å². The van der Waals surface area contributed by atoms with Gasteiger partial charge in [0.1, 0.15) is 5.84 Å². The van der Waals surface area contributed by atoms with Crippen LogP contribution in [0.5, 0.6) is 0 Å². The van der Waals surface area contributed by atoms with Crippen LogP contribution in [-0.4, -0.2) is 40.9 Å². The lowest BCUT2D eigenvalue weighted by molar-refractivity contribution is -0.196. The number of carbonyl (C=O) groups is 2. The van der Waals surface area contributed by atoms with Crippen molar-refractivity contribution in [1.29, 1.82) is 0 Å². The maximum atomic E-state index is 14.3. The van der Waals surface area contributed by atoms with Gasteiger partial charge in [0, 0.05) is 17.7 Å². The molecular formula is C24H24F3N3O2. The molecule has 0 fully saturated rings. The fraction of sp³-hybridized carbons (Fsp3) is 0.292. The number of aliphatic imine (C=N–C) groups is 1. The van der Waals surface area contributed by atoms with Crippen LogP contribution >= 0.6 is 0 Å². The van der Waals surface area contributed by atoms with Gasteiger partial charge in [-0.1, -0.05) is 69.3 Å². The van der Waals surface area contributed by atoms with Gasteiger partial charge >= 0.3 is 11.8 Å². The first-order chi connectivity index (χ1) is 14.9. The molecule has 0 spiro atoms. The van der Waals surface area contributed by atoms with Gasteiger partial charge in [-0.25, -0.2) is 4.99 Å². The van der Waals surface area contributed by atoms with Crippen molar-refractivity contribution in [3.05, 3.63) is 83.9 Å². The van der Waals surface area contributed by atoms with E-state index in [1.807, 2.05) is 26.1 Å². The Labute approximate surface area is 184 Å². The Morgan fingerprint density at radius 2 is 1.69 bits per heavy atom. The van der Waals surface area contributed by atoms with Crippen molar-refractivity contribution in [1.82, 2.24) is 10.2 Å². The van der Waals surface area contributed by atoms with E-state index >= 15 is 0 Å². The average molecular weight is 443 g/mol. The molecule has 0 aromatic heterocycles. The highest BCUT2D eigenvalue weighted by Crippen LogP contribution is 2.38. The van der Waals surface area contributed by atoms with Gasteiger partial charge in [-0.15, -0.1) is 6.58 Å². The van der Waals surface area contributed by atoms with E-state index in [0.717, 1.165) is 10.5 Å². The third kappa shape index (κ3) is 4.17. The highest BCUT2D eigenvalue weighted by molar-refractivity contribution is 6.16. The highest BCUT2D eigenvalue weighted by atomic mass is 19.4. The Morgan fingerprint density at radius 3 is 2.19 bits per heavy atom. The maximum Gasteiger partial charge on any atom is 0.442 e. The Balaban J connectivity index is 2.04. The molecule has 1 heterocycles. The predicted octanol–water partition coefficient (Wildman–Crippen LogP) is 4.45. The summed E-state index contributed by atoms with van der Waals surface area (Å²) in [7, 11) is 0. The van der Waals surface area contributed by atoms with E-state index in [1.165, 1.54) is 18.2 Å². The van der Waals surface area contributed by atoms with Gasteiger partial charge in [-0.3, -0.25) is 14.5 Å². The standard InChI is InChI=1S/C24H24F3N3O2/c1-5-15-30-19(16-9-7-6-8-10-16)28-23(21(30)32,24(25,26)27)29-20(31)17-11-13-18(14-12-17)22(2,3)4/h5-14H,1,15H2,2-4H3,(H,29,31)/t23-/m1/s1. The lowest BCUT2D eigenvalue weighted by Gasteiger charge is -2.29. The number of nitrogens with zero attached hydrogens (tertiary/aromatic N) is 2. The molecule has 3 rings (SSSR count). The number of alkyl halides is 3. The summed E-state index contributed by atoms with van der Waals surface area (Å²) >= 11 is 0. The molecule has 0 saturated carbocycles. The van der Waals surface area contributed by atoms with Gasteiger partial charge in [0.05, 0.1) is 0 Å². The third-order valence-corrected chi connectivity index (χ3v) is 5.15. The summed E-state index contributed by atoms with van der Waals surface area (Å²) in [5, 5.41) is 1.87. The first kappa shape index (κ1) is 23.2. The van der Waals surface area contributed by atoms with Crippen LogP contribution in [0.1, 0.15) is 42.3 Å². The number of amides is 2. The van der Waals surface area contributed by atoms with E-state index in [0.29, 0.717) is 5.56 Å². The first-order valence-corrected chi connectivity index (χ1v) is 9.98. The van der Waals surface area contributed by atoms with Gasteiger partial charge < -0.3 is 5.32 Å². The Hall–Kier alpha value is -3.42. The third-order valence-electron chi connectivity index (χ3n) is 5.15. The molecule has 2 amide bonds. The summed E-state index contributed by atoms with van der Waals surface area (Å²) in [5.74, 6) is -2.62. The molecule has 0 radical (unpaired) electrons. The fourth-order valence-electron chi connectivity index (χ4n) is 3.36. The van der Waals surface area contributed by atoms with Crippen LogP contribution in [0.4, 0.5) is 13.2 Å². The quantitative estimate of drug-likeness (QED) is 0.695. The van der Waals surface area contributed by atoms with Gasteiger partial charge in [-0.05, 0) is 23.1 Å². The molecule has 0 aliphatic carbocycles. The minimum absolute atomic E-state index is 0.00643. The van der Waals surface area contributed by atoms with Crippen LogP contribution in [0.3, 0.4) is 0 Å². The van der Waals surface area contributed by atoms with Crippen LogP contribution in [0, 0.1) is 0 Å². The monoisotopic (exact) mass is 443 g/mol. The van der Waals surface area contributed by atoms with Crippen molar-refractivity contribution < 1.29 is 22.8 Å². The van der Waals surface area contributed by atoms with Crippen LogP contribution in [0.2, 0.25) is 0 Å². The number of hydrogen-bond donors (Lipinski definition) is 1. The summed E-state index contributed by atoms with van der Waals surface area (Å²) in [4.78, 5) is 30.5. The Bertz CT molecular complexity index is 1050. The number of carbonyl (C=O) groups excluding carboxylic acids is 2. The van der Waals surface area contributed by atoms with Crippen molar-refractivity contribution in [3.63, 3.8) is 0 Å². The number of halogens is 3. The Kier molecular flexibility index (Phi) is 6.00. The summed E-state index contributed by atoms with van der Waals surface area (Å²) in [5.41, 5.74) is -2.39. The molecule has 0 saturated heterocycles. The van der Waals surface area contributed by atoms with E-state index in [9.17, 15) is 22.8 Å². The second-order valence-corrected chi connectivity index (χ2v) is 8.50. The summed E-state index contributed by atoms with van der Waals surface area (Å²) in [6.45, 7) is 9.26. The van der Waals surface area contributed by atoms with Crippen molar-refractivity contribution in [2.45, 2.75) is 38.0 Å². The SMILES string of the molecule is C=CCN1C(=O)[C@@](NC(=O)c2ccc(C(C)(C)C)cc2)(C(F)(F)F)N=C1c1ccccc1. The van der Waals surface area contributed by atoms with E-state index < -0.39 is 23.7 Å². The number of nitrogens with one attached hydrogen (secondary N) is 1. The molecule has 168 valence electrons. The van der Waals surface area contributed by atoms with Crippen molar-refractivity contribution in [3.8, 4) is 0 Å². The molecule has 8 heteroatoms. The number of amidine groups is 1. The summed E-state index contributed by atoms with van der Waals surface area (Å²) in [6.07, 6.45) is -3.86. The van der Waals surface area contributed by atoms with Gasteiger partial charge in [-0.2, -0.15) is 13.2 Å². The van der Waals surface area contributed by atoms with Crippen LogP contribution in [0.25, 0.3) is 0 Å². The van der Waals surface area contributed by atoms with Gasteiger partial charge in [0.25, 0.3) is 11.8 Å². The largest absolute Gasteiger partial charge is 0.442 e. The summed E-state index contributed by atoms with van der Waals surface area (Å²) < 4.78 is 42.8. The Morgan fingerprint density at radius 1 is 1.09 bits per heavy atom. The van der Waals surface area contributed by atoms with E-state index in [-0.39, 0.29) is 23.4 Å². The number of hydrogen-bond acceptors (Lipinski definition) is 3. The fourth-order valence-corrected chi connectivity index (χ4v) is 3.36. The van der Waals surface area contributed by atoms with Crippen LogP contribution in [0.15, 0.2) is 72.2 Å². The minimum Gasteiger partial charge on any atom is -0.312 e. The molecule has 0 bridgehead atoms. The molecule has 1 N–H and O–H groups in total. The van der Waals surface area contributed by atoms with Crippen LogP contribution in [-0.2, 0) is 10.2 Å². The normalized spacial score (nSPS) is 19.0. The van der Waals surface area contributed by atoms with Crippen molar-refractivity contribution in [2.75, 3.05) is 6.54 Å². The molecule has 0 unspecified atom stereocenters. The van der Waals surface area contributed by atoms with Crippen molar-refractivity contribution in [2.24, 2.45) is 4.99 Å². The number of rotatable bonds is 5. The van der Waals surface area contributed by atoms with Gasteiger partial charge in [0.2, 0.25) is 0 Å². The molecule has 32 heavy (non-hydrogen) atoms. The minimum atomic E-state index is -5.17. The lowest BCUT2D eigenvalue weighted by atomic mass is 9.86. The van der Waals surface area contributed by atoms with Crippen LogP contribution < -0.4 is 5.32 Å². The molecular weight excluding hydrogens is 419 g/mol. The van der Waals surface area contributed by atoms with E-state index in [1.54, 1.807) is 42.5 Å². The maximum absolute atomic E-state index is 14.3. The second-order valence-electron chi connectivity index (χ2n) is 8.50. The zero-order chi connectivity index (χ0) is 23.7. The zero-order valence-corrected chi connectivity index (χ0v) is 18.0. The molecule has 5 nitrogen and oxygen atoms in total. The topological polar surface area (TPSA) is 61.8 Å². The first-order valence-electron chi connectivity index (χ1n) is 9.98. The zero-order valence-electron chi connectivity index (χ0n) is 18.0. The lowest BCUT2D eigenvalue weighted by Crippen LogP contribution is -2.63. The summed E-state index contributed by atoms with van der Waals surface area (Å²) in [6, 6.07) is 14.2. The second kappa shape index (κ2) is 8.26. The highest BCUT2D eigenvalue weighted by Gasteiger charge is 2.67.